The Morgan fingerprint density at radius 3 is 2.15 bits per heavy atom. The molecular formula is C10H10OPd2. The molecule has 0 amide bonds. The van der Waals surface area contributed by atoms with E-state index >= 15 is 0 Å². The van der Waals surface area contributed by atoms with Gasteiger partial charge in [0.25, 0.3) is 0 Å². The number of hydrogen-bond acceptors (Lipinski definition) is 1. The van der Waals surface area contributed by atoms with Crippen LogP contribution < -0.4 is 0 Å². The Kier molecular flexibility index (Phi) is 10.1. The van der Waals surface area contributed by atoms with E-state index in [9.17, 15) is 4.79 Å². The Bertz CT molecular complexity index is 268. The molecule has 0 radical (unpaired) electrons. The molecule has 0 bridgehead atoms. The number of allylic oxidation sites excluding steroid dienone is 1. The van der Waals surface area contributed by atoms with Crippen molar-refractivity contribution in [1.29, 1.82) is 0 Å². The van der Waals surface area contributed by atoms with Crippen molar-refractivity contribution >= 4 is 11.9 Å². The molecule has 1 rings (SSSR count). The zero-order valence-electron chi connectivity index (χ0n) is 7.08. The average molecular weight is 359 g/mol. The molecule has 1 aromatic carbocycles. The van der Waals surface area contributed by atoms with Gasteiger partial charge in [-0.2, -0.15) is 0 Å². The van der Waals surface area contributed by atoms with Crippen LogP contribution in [0.15, 0.2) is 36.4 Å². The molecular weight excluding hydrogens is 349 g/mol. The summed E-state index contributed by atoms with van der Waals surface area (Å²) in [6.07, 6.45) is 3.37. The van der Waals surface area contributed by atoms with Crippen molar-refractivity contribution in [3.8, 4) is 0 Å². The first-order valence-electron chi connectivity index (χ1n) is 3.53. The van der Waals surface area contributed by atoms with Crippen LogP contribution in [0.25, 0.3) is 6.08 Å². The molecule has 0 saturated carbocycles. The maximum Gasteiger partial charge on any atom is 0.152 e. The van der Waals surface area contributed by atoms with E-state index in [0.717, 1.165) is 5.56 Å². The third kappa shape index (κ3) is 7.06. The van der Waals surface area contributed by atoms with Crippen molar-refractivity contribution in [3.05, 3.63) is 42.0 Å². The van der Waals surface area contributed by atoms with Crippen LogP contribution in [0.2, 0.25) is 0 Å². The summed E-state index contributed by atoms with van der Waals surface area (Å²) < 4.78 is 0. The number of carbonyl (C=O) groups is 1. The Balaban J connectivity index is 0. The fourth-order valence-electron chi connectivity index (χ4n) is 0.778. The molecule has 0 unspecified atom stereocenters. The van der Waals surface area contributed by atoms with Crippen molar-refractivity contribution < 1.29 is 45.6 Å². The number of ketones is 1. The third-order valence-electron chi connectivity index (χ3n) is 1.31. The molecule has 0 spiro atoms. The molecule has 0 saturated heterocycles. The molecule has 0 aliphatic carbocycles. The maximum atomic E-state index is 10.5. The smallest absolute Gasteiger partial charge is 0.152 e. The summed E-state index contributed by atoms with van der Waals surface area (Å²) in [6, 6.07) is 9.75. The van der Waals surface area contributed by atoms with Gasteiger partial charge in [0, 0.05) is 40.8 Å². The molecule has 13 heavy (non-hydrogen) atoms. The predicted octanol–water partition coefficient (Wildman–Crippen LogP) is 2.28. The molecule has 0 N–H and O–H groups in total. The molecule has 1 aromatic rings. The van der Waals surface area contributed by atoms with Crippen molar-refractivity contribution in [3.63, 3.8) is 0 Å². The predicted molar refractivity (Wildman–Crippen MR) is 46.2 cm³/mol. The van der Waals surface area contributed by atoms with Gasteiger partial charge in [0.15, 0.2) is 5.78 Å². The third-order valence-corrected chi connectivity index (χ3v) is 1.31. The number of rotatable bonds is 2. The van der Waals surface area contributed by atoms with E-state index in [1.165, 1.54) is 0 Å². The first-order chi connectivity index (χ1) is 5.29. The van der Waals surface area contributed by atoms with Crippen LogP contribution in [-0.4, -0.2) is 5.78 Å². The minimum absolute atomic E-state index is 0. The molecule has 3 heteroatoms. The second kappa shape index (κ2) is 8.55. The van der Waals surface area contributed by atoms with Gasteiger partial charge in [0.2, 0.25) is 0 Å². The molecule has 0 aliphatic rings. The van der Waals surface area contributed by atoms with Gasteiger partial charge < -0.3 is 0 Å². The number of hydrogen-bond donors (Lipinski definition) is 0. The van der Waals surface area contributed by atoms with Crippen LogP contribution >= 0.6 is 0 Å². The molecule has 0 aliphatic heterocycles. The van der Waals surface area contributed by atoms with E-state index in [4.69, 9.17) is 0 Å². The summed E-state index contributed by atoms with van der Waals surface area (Å²) in [4.78, 5) is 10.5. The Labute approximate surface area is 106 Å². The zero-order valence-corrected chi connectivity index (χ0v) is 10.2. The Morgan fingerprint density at radius 1 is 1.15 bits per heavy atom. The van der Waals surface area contributed by atoms with Crippen LogP contribution in [0.3, 0.4) is 0 Å². The van der Waals surface area contributed by atoms with Crippen LogP contribution in [0.1, 0.15) is 12.5 Å². The van der Waals surface area contributed by atoms with E-state index in [1.807, 2.05) is 36.4 Å². The van der Waals surface area contributed by atoms with Gasteiger partial charge in [-0.05, 0) is 18.6 Å². The van der Waals surface area contributed by atoms with E-state index in [0.29, 0.717) is 0 Å². The van der Waals surface area contributed by atoms with Crippen molar-refractivity contribution in [2.24, 2.45) is 0 Å². The van der Waals surface area contributed by atoms with Crippen molar-refractivity contribution in [2.45, 2.75) is 6.92 Å². The minimum atomic E-state index is 0. The van der Waals surface area contributed by atoms with Gasteiger partial charge in [0.1, 0.15) is 0 Å². The van der Waals surface area contributed by atoms with E-state index in [2.05, 4.69) is 0 Å². The Hall–Kier alpha value is -0.0453. The fraction of sp³-hybridized carbons (Fsp3) is 0.100. The largest absolute Gasteiger partial charge is 0.295 e. The van der Waals surface area contributed by atoms with Gasteiger partial charge in [-0.15, -0.1) is 0 Å². The average Bonchev–Trinajstić information content (AvgIpc) is 2.03. The summed E-state index contributed by atoms with van der Waals surface area (Å²) in [7, 11) is 0. The Morgan fingerprint density at radius 2 is 1.69 bits per heavy atom. The summed E-state index contributed by atoms with van der Waals surface area (Å²) in [5, 5.41) is 0. The first-order valence-corrected chi connectivity index (χ1v) is 3.53. The van der Waals surface area contributed by atoms with E-state index < -0.39 is 0 Å². The second-order valence-electron chi connectivity index (χ2n) is 2.35. The van der Waals surface area contributed by atoms with Crippen LogP contribution in [0, 0.1) is 0 Å². The standard InChI is InChI=1S/C10H10O.2Pd/c1-9(11)7-8-10-5-3-2-4-6-10;;/h2-8H,1H3;;. The van der Waals surface area contributed by atoms with Gasteiger partial charge in [-0.25, -0.2) is 0 Å². The van der Waals surface area contributed by atoms with Crippen molar-refractivity contribution in [2.75, 3.05) is 0 Å². The second-order valence-corrected chi connectivity index (χ2v) is 2.35. The molecule has 0 atom stereocenters. The minimum Gasteiger partial charge on any atom is -0.295 e. The van der Waals surface area contributed by atoms with E-state index in [1.54, 1.807) is 13.0 Å². The van der Waals surface area contributed by atoms with Gasteiger partial charge >= 0.3 is 0 Å². The van der Waals surface area contributed by atoms with Crippen LogP contribution in [0.4, 0.5) is 0 Å². The first kappa shape index (κ1) is 15.4. The SMILES string of the molecule is CC(=O)C=Cc1ccccc1.[Pd].[Pd]. The van der Waals surface area contributed by atoms with Crippen LogP contribution in [0.5, 0.6) is 0 Å². The number of carbonyl (C=O) groups excluding carboxylic acids is 1. The van der Waals surface area contributed by atoms with E-state index in [-0.39, 0.29) is 46.6 Å². The molecule has 0 heterocycles. The zero-order chi connectivity index (χ0) is 8.10. The van der Waals surface area contributed by atoms with Gasteiger partial charge in [0.05, 0.1) is 0 Å². The quantitative estimate of drug-likeness (QED) is 0.585. The number of benzene rings is 1. The van der Waals surface area contributed by atoms with Crippen molar-refractivity contribution in [1.82, 2.24) is 0 Å². The molecule has 0 aromatic heterocycles. The summed E-state index contributed by atoms with van der Waals surface area (Å²) in [5.41, 5.74) is 1.06. The summed E-state index contributed by atoms with van der Waals surface area (Å²) >= 11 is 0. The maximum absolute atomic E-state index is 10.5. The summed E-state index contributed by atoms with van der Waals surface area (Å²) in [6.45, 7) is 1.54. The van der Waals surface area contributed by atoms with Crippen LogP contribution in [-0.2, 0) is 45.6 Å². The molecule has 1 nitrogen and oxygen atoms in total. The normalized spacial score (nSPS) is 8.69. The molecule has 76 valence electrons. The van der Waals surface area contributed by atoms with Gasteiger partial charge in [-0.3, -0.25) is 4.79 Å². The monoisotopic (exact) mass is 358 g/mol. The molecule has 0 fully saturated rings. The summed E-state index contributed by atoms with van der Waals surface area (Å²) in [5.74, 6) is 0.0776. The topological polar surface area (TPSA) is 17.1 Å². The fourth-order valence-corrected chi connectivity index (χ4v) is 0.778. The van der Waals surface area contributed by atoms with Gasteiger partial charge in [-0.1, -0.05) is 36.4 Å².